The third-order valence-electron chi connectivity index (χ3n) is 4.66. The molecule has 199 valence electrons. The van der Waals surface area contributed by atoms with Crippen LogP contribution in [0.3, 0.4) is 0 Å². The number of pyridine rings is 4. The molecule has 11 heteroatoms. The minimum absolute atomic E-state index is 0. The Hall–Kier alpha value is -2.88. The summed E-state index contributed by atoms with van der Waals surface area (Å²) in [5, 5.41) is 2.08. The molecule has 0 aliphatic heterocycles. The van der Waals surface area contributed by atoms with E-state index < -0.39 is 0 Å². The molecular weight excluding hydrogens is 581 g/mol. The van der Waals surface area contributed by atoms with Crippen molar-refractivity contribution in [1.29, 1.82) is 0 Å². The molecule has 5 rings (SSSR count). The van der Waals surface area contributed by atoms with Gasteiger partial charge in [0.25, 0.3) is 0 Å². The largest absolute Gasteiger partial charge is 2.00 e. The van der Waals surface area contributed by atoms with Crippen LogP contribution in [0.2, 0.25) is 0 Å². The molecule has 1 radical (unpaired) electrons. The molecule has 4 N–H and O–H groups in total. The molecule has 0 spiro atoms. The molecule has 7 nitrogen and oxygen atoms in total. The number of aromatic nitrogens is 4. The fourth-order valence-electron chi connectivity index (χ4n) is 3.05. The molecule has 0 bridgehead atoms. The number of hydrogen-bond acceptors (Lipinski definition) is 6. The summed E-state index contributed by atoms with van der Waals surface area (Å²) in [4.78, 5) is 20.8. The van der Waals surface area contributed by atoms with Crippen LogP contribution in [0.4, 0.5) is 5.69 Å². The summed E-state index contributed by atoms with van der Waals surface area (Å²) in [6.45, 7) is 0. The van der Waals surface area contributed by atoms with Crippen LogP contribution >= 0.6 is 11.3 Å². The number of halogens is 2. The van der Waals surface area contributed by atoms with E-state index in [9.17, 15) is 0 Å². The Bertz CT molecular complexity index is 1200. The van der Waals surface area contributed by atoms with Gasteiger partial charge in [0, 0.05) is 49.4 Å². The van der Waals surface area contributed by atoms with Crippen molar-refractivity contribution in [1.82, 2.24) is 19.9 Å². The Labute approximate surface area is 244 Å². The van der Waals surface area contributed by atoms with Crippen LogP contribution in [0.15, 0.2) is 103 Å². The van der Waals surface area contributed by atoms with Crippen molar-refractivity contribution in [3.05, 3.63) is 103 Å². The van der Waals surface area contributed by atoms with Gasteiger partial charge < -0.3 is 40.7 Å². The summed E-state index contributed by atoms with van der Waals surface area (Å²) in [6.07, 6.45) is 7.15. The topological polar surface area (TPSA) is 118 Å². The summed E-state index contributed by atoms with van der Waals surface area (Å²) in [5.74, 6) is 0. The van der Waals surface area contributed by atoms with E-state index in [-0.39, 0.29) is 52.8 Å². The monoisotopic (exact) mass is 606 g/mol. The summed E-state index contributed by atoms with van der Waals surface area (Å²) < 4.78 is 0. The Kier molecular flexibility index (Phi) is 18.0. The van der Waals surface area contributed by atoms with Gasteiger partial charge in [-0.05, 0) is 65.5 Å². The van der Waals surface area contributed by atoms with Crippen LogP contribution < -0.4 is 29.7 Å². The van der Waals surface area contributed by atoms with Gasteiger partial charge in [-0.3, -0.25) is 15.0 Å². The maximum Gasteiger partial charge on any atom is 2.00 e. The van der Waals surface area contributed by atoms with Gasteiger partial charge in [0.1, 0.15) is 0 Å². The van der Waals surface area contributed by atoms with Crippen molar-refractivity contribution in [2.75, 3.05) is 19.0 Å². The fourth-order valence-corrected chi connectivity index (χ4v) is 3.76. The van der Waals surface area contributed by atoms with Crippen LogP contribution in [0.25, 0.3) is 33.2 Å². The SMILES string of the molecule is CN(C)c1ccncc1.O.O.[Cl-].[Cl-].[Cu+2].c1ccc(-c2cc(-c3cccs3)cc(-c3ccccn3)n2)nc1. The van der Waals surface area contributed by atoms with Gasteiger partial charge in [-0.25, -0.2) is 4.98 Å². The number of nitrogens with zero attached hydrogens (tertiary/aromatic N) is 5. The molecule has 0 fully saturated rings. The van der Waals surface area contributed by atoms with Crippen LogP contribution in [0, 0.1) is 0 Å². The first-order valence-electron chi connectivity index (χ1n) is 10.2. The first-order chi connectivity index (χ1) is 15.7. The van der Waals surface area contributed by atoms with Gasteiger partial charge in [0.05, 0.1) is 22.8 Å². The average molecular weight is 608 g/mol. The van der Waals surface area contributed by atoms with E-state index in [1.54, 1.807) is 36.1 Å². The van der Waals surface area contributed by atoms with E-state index in [1.165, 1.54) is 10.6 Å². The number of hydrogen-bond donors (Lipinski definition) is 0. The second-order valence-corrected chi connectivity index (χ2v) is 8.08. The van der Waals surface area contributed by atoms with Crippen molar-refractivity contribution in [2.45, 2.75) is 0 Å². The number of rotatable bonds is 4. The minimum Gasteiger partial charge on any atom is -1.00 e. The first-order valence-corrected chi connectivity index (χ1v) is 11.0. The predicted octanol–water partition coefficient (Wildman–Crippen LogP) is -1.56. The molecule has 0 aliphatic carbocycles. The van der Waals surface area contributed by atoms with Gasteiger partial charge in [-0.1, -0.05) is 18.2 Å². The van der Waals surface area contributed by atoms with Gasteiger partial charge in [-0.2, -0.15) is 0 Å². The minimum atomic E-state index is 0. The zero-order valence-electron chi connectivity index (χ0n) is 20.0. The molecule has 0 amide bonds. The van der Waals surface area contributed by atoms with E-state index in [1.807, 2.05) is 67.5 Å². The standard InChI is InChI=1S/C19H13N3S.C7H10N2.2ClH.Cu.2H2O/c1-3-9-20-15(6-1)17-12-14(19-8-5-11-23-19)13-18(22-17)16-7-2-4-10-21-16;1-9(2)7-3-5-8-6-4-7;;;;;/h1-13H;3-6H,1-2H3;2*1H;;2*1H2/q;;;;+2;;/p-2. The Morgan fingerprint density at radius 2 is 1.19 bits per heavy atom. The number of thiophene rings is 1. The number of anilines is 1. The van der Waals surface area contributed by atoms with E-state index >= 15 is 0 Å². The van der Waals surface area contributed by atoms with Crippen molar-refractivity contribution in [3.8, 4) is 33.2 Å². The maximum absolute atomic E-state index is 4.76. The molecule has 0 aliphatic rings. The zero-order valence-corrected chi connectivity index (χ0v) is 23.3. The molecule has 0 unspecified atom stereocenters. The van der Waals surface area contributed by atoms with Crippen molar-refractivity contribution in [2.24, 2.45) is 0 Å². The summed E-state index contributed by atoms with van der Waals surface area (Å²) in [5.41, 5.74) is 5.77. The Morgan fingerprint density at radius 1 is 0.649 bits per heavy atom. The molecule has 0 saturated heterocycles. The van der Waals surface area contributed by atoms with Crippen LogP contribution in [0.5, 0.6) is 0 Å². The van der Waals surface area contributed by atoms with Gasteiger partial charge >= 0.3 is 17.1 Å². The predicted molar refractivity (Wildman–Crippen MR) is 140 cm³/mol. The maximum atomic E-state index is 4.76. The summed E-state index contributed by atoms with van der Waals surface area (Å²) in [7, 11) is 4.02. The second kappa shape index (κ2) is 18.4. The molecule has 5 aromatic rings. The molecule has 5 heterocycles. The molecule has 0 aromatic carbocycles. The molecule has 0 atom stereocenters. The first kappa shape index (κ1) is 36.3. The van der Waals surface area contributed by atoms with E-state index in [0.717, 1.165) is 28.3 Å². The van der Waals surface area contributed by atoms with Crippen molar-refractivity contribution >= 4 is 17.0 Å². The van der Waals surface area contributed by atoms with Gasteiger partial charge in [0.2, 0.25) is 0 Å². The van der Waals surface area contributed by atoms with E-state index in [2.05, 4.69) is 44.6 Å². The van der Waals surface area contributed by atoms with Crippen molar-refractivity contribution < 1.29 is 52.8 Å². The third kappa shape index (κ3) is 10.2. The molecule has 37 heavy (non-hydrogen) atoms. The smallest absolute Gasteiger partial charge is 1.00 e. The molecule has 5 aromatic heterocycles. The van der Waals surface area contributed by atoms with Crippen LogP contribution in [0.1, 0.15) is 0 Å². The van der Waals surface area contributed by atoms with Gasteiger partial charge in [-0.15, -0.1) is 11.3 Å². The van der Waals surface area contributed by atoms with Crippen molar-refractivity contribution in [3.63, 3.8) is 0 Å². The third-order valence-corrected chi connectivity index (χ3v) is 5.58. The molecule has 0 saturated carbocycles. The van der Waals surface area contributed by atoms with Gasteiger partial charge in [0.15, 0.2) is 0 Å². The summed E-state index contributed by atoms with van der Waals surface area (Å²) >= 11 is 1.72. The Balaban J connectivity index is 0. The zero-order chi connectivity index (χ0) is 22.2. The average Bonchev–Trinajstić information content (AvgIpc) is 3.41. The molecular formula is C26H27Cl2CuN5O2S. The normalized spacial score (nSPS) is 8.81. The quantitative estimate of drug-likeness (QED) is 0.229. The fraction of sp³-hybridized carbons (Fsp3) is 0.0769. The Morgan fingerprint density at radius 3 is 1.57 bits per heavy atom. The van der Waals surface area contributed by atoms with Crippen LogP contribution in [-0.4, -0.2) is 45.0 Å². The van der Waals surface area contributed by atoms with E-state index in [0.29, 0.717) is 0 Å². The van der Waals surface area contributed by atoms with E-state index in [4.69, 9.17) is 4.98 Å². The van der Waals surface area contributed by atoms with Crippen LogP contribution in [-0.2, 0) is 17.1 Å². The second-order valence-electron chi connectivity index (χ2n) is 7.13. The summed E-state index contributed by atoms with van der Waals surface area (Å²) in [6, 6.07) is 24.0.